The molecule has 166 valence electrons. The van der Waals surface area contributed by atoms with E-state index in [0.29, 0.717) is 5.56 Å². The van der Waals surface area contributed by atoms with Gasteiger partial charge in [0.25, 0.3) is 17.3 Å². The number of rotatable bonds is 8. The molecule has 0 unspecified atom stereocenters. The summed E-state index contributed by atoms with van der Waals surface area (Å²) in [5.41, 5.74) is 1.63. The number of hydrazone groups is 1. The monoisotopic (exact) mass is 451 g/mol. The van der Waals surface area contributed by atoms with Crippen LogP contribution in [0.3, 0.4) is 0 Å². The molecule has 0 fully saturated rings. The SMILES string of the molecule is O=C(NN=Cc1ccc(Oc2ccc([N+](=O)[O-])cc2[N+](=O)[O-])cc1)c1cccc([N+](=O)[O-])c1. The molecule has 0 saturated heterocycles. The van der Waals surface area contributed by atoms with Crippen molar-refractivity contribution < 1.29 is 24.3 Å². The molecule has 0 heterocycles. The summed E-state index contributed by atoms with van der Waals surface area (Å²) >= 11 is 0. The summed E-state index contributed by atoms with van der Waals surface area (Å²) in [5, 5.41) is 36.6. The lowest BCUT2D eigenvalue weighted by atomic mass is 10.2. The van der Waals surface area contributed by atoms with Crippen molar-refractivity contribution in [3.63, 3.8) is 0 Å². The smallest absolute Gasteiger partial charge is 0.318 e. The Morgan fingerprint density at radius 1 is 0.848 bits per heavy atom. The van der Waals surface area contributed by atoms with E-state index in [2.05, 4.69) is 10.5 Å². The number of nitrogens with one attached hydrogen (secondary N) is 1. The topological polar surface area (TPSA) is 180 Å². The molecular formula is C20H13N5O8. The Morgan fingerprint density at radius 2 is 1.52 bits per heavy atom. The number of nitro groups is 3. The van der Waals surface area contributed by atoms with Crippen LogP contribution in [0.5, 0.6) is 11.5 Å². The van der Waals surface area contributed by atoms with E-state index in [0.717, 1.165) is 24.3 Å². The van der Waals surface area contributed by atoms with Crippen LogP contribution >= 0.6 is 0 Å². The van der Waals surface area contributed by atoms with Crippen LogP contribution in [0.1, 0.15) is 15.9 Å². The minimum atomic E-state index is -0.784. The largest absolute Gasteiger partial charge is 0.450 e. The van der Waals surface area contributed by atoms with E-state index in [1.54, 1.807) is 12.1 Å². The summed E-state index contributed by atoms with van der Waals surface area (Å²) in [6, 6.07) is 14.3. The molecule has 0 aromatic heterocycles. The van der Waals surface area contributed by atoms with Crippen molar-refractivity contribution in [2.75, 3.05) is 0 Å². The number of hydrogen-bond acceptors (Lipinski definition) is 9. The number of carbonyl (C=O) groups excluding carboxylic acids is 1. The van der Waals surface area contributed by atoms with E-state index in [1.165, 1.54) is 36.5 Å². The van der Waals surface area contributed by atoms with Gasteiger partial charge in [-0.15, -0.1) is 0 Å². The van der Waals surface area contributed by atoms with Gasteiger partial charge in [-0.1, -0.05) is 6.07 Å². The second-order valence-corrected chi connectivity index (χ2v) is 6.34. The fourth-order valence-corrected chi connectivity index (χ4v) is 2.59. The molecule has 0 bridgehead atoms. The molecule has 0 aliphatic carbocycles. The first-order valence-corrected chi connectivity index (χ1v) is 9.03. The van der Waals surface area contributed by atoms with Gasteiger partial charge in [0.05, 0.1) is 27.1 Å². The Hall–Kier alpha value is -5.20. The Kier molecular flexibility index (Phi) is 6.64. The standard InChI is InChI=1S/C20H13N5O8/c26-20(14-2-1-3-15(10-14)23(27)28)22-21-12-13-4-7-17(8-5-13)33-19-9-6-16(24(29)30)11-18(19)25(31)32/h1-12H,(H,22,26). The summed E-state index contributed by atoms with van der Waals surface area (Å²) in [5.74, 6) is -0.582. The molecule has 33 heavy (non-hydrogen) atoms. The maximum atomic E-state index is 12.1. The summed E-state index contributed by atoms with van der Waals surface area (Å²) in [6.07, 6.45) is 1.31. The van der Waals surface area contributed by atoms with Gasteiger partial charge in [-0.25, -0.2) is 5.43 Å². The first-order valence-electron chi connectivity index (χ1n) is 9.03. The highest BCUT2D eigenvalue weighted by molar-refractivity contribution is 5.95. The summed E-state index contributed by atoms with van der Waals surface area (Å²) < 4.78 is 5.46. The van der Waals surface area contributed by atoms with Crippen molar-refractivity contribution >= 4 is 29.2 Å². The van der Waals surface area contributed by atoms with Gasteiger partial charge < -0.3 is 4.74 Å². The van der Waals surface area contributed by atoms with Gasteiger partial charge in [-0.05, 0) is 42.0 Å². The van der Waals surface area contributed by atoms with E-state index in [9.17, 15) is 35.1 Å². The zero-order valence-corrected chi connectivity index (χ0v) is 16.5. The van der Waals surface area contributed by atoms with Gasteiger partial charge in [0, 0.05) is 23.8 Å². The van der Waals surface area contributed by atoms with E-state index >= 15 is 0 Å². The molecule has 0 saturated carbocycles. The second-order valence-electron chi connectivity index (χ2n) is 6.34. The summed E-state index contributed by atoms with van der Waals surface area (Å²) in [6.45, 7) is 0. The number of non-ortho nitro benzene ring substituents is 2. The van der Waals surface area contributed by atoms with Crippen molar-refractivity contribution in [3.8, 4) is 11.5 Å². The fraction of sp³-hybridized carbons (Fsp3) is 0. The Morgan fingerprint density at radius 3 is 2.15 bits per heavy atom. The van der Waals surface area contributed by atoms with E-state index in [4.69, 9.17) is 4.74 Å². The predicted molar refractivity (Wildman–Crippen MR) is 114 cm³/mol. The van der Waals surface area contributed by atoms with E-state index in [1.807, 2.05) is 0 Å². The molecule has 0 atom stereocenters. The Balaban J connectivity index is 1.66. The number of nitro benzene ring substituents is 3. The second kappa shape index (κ2) is 9.74. The van der Waals surface area contributed by atoms with Crippen molar-refractivity contribution in [2.24, 2.45) is 5.10 Å². The number of nitrogens with zero attached hydrogens (tertiary/aromatic N) is 4. The van der Waals surface area contributed by atoms with E-state index < -0.39 is 32.1 Å². The lowest BCUT2D eigenvalue weighted by Gasteiger charge is -2.06. The van der Waals surface area contributed by atoms with Crippen molar-refractivity contribution in [1.29, 1.82) is 0 Å². The fourth-order valence-electron chi connectivity index (χ4n) is 2.59. The minimum Gasteiger partial charge on any atom is -0.450 e. The minimum absolute atomic E-state index is 0.0646. The van der Waals surface area contributed by atoms with Crippen molar-refractivity contribution in [3.05, 3.63) is 108 Å². The lowest BCUT2D eigenvalue weighted by Crippen LogP contribution is -2.17. The molecule has 0 aliphatic heterocycles. The van der Waals surface area contributed by atoms with Crippen LogP contribution < -0.4 is 10.2 Å². The molecule has 0 aliphatic rings. The molecular weight excluding hydrogens is 438 g/mol. The highest BCUT2D eigenvalue weighted by Gasteiger charge is 2.21. The molecule has 3 aromatic carbocycles. The maximum absolute atomic E-state index is 12.1. The van der Waals surface area contributed by atoms with Crippen LogP contribution in [0.15, 0.2) is 71.8 Å². The van der Waals surface area contributed by atoms with Crippen molar-refractivity contribution in [2.45, 2.75) is 0 Å². The maximum Gasteiger partial charge on any atom is 0.318 e. The third-order valence-corrected chi connectivity index (χ3v) is 4.16. The first kappa shape index (κ1) is 22.5. The average Bonchev–Trinajstić information content (AvgIpc) is 2.80. The zero-order valence-electron chi connectivity index (χ0n) is 16.5. The molecule has 0 spiro atoms. The Labute approximate surface area is 184 Å². The summed E-state index contributed by atoms with van der Waals surface area (Å²) in [4.78, 5) is 42.7. The number of carbonyl (C=O) groups is 1. The number of hydrogen-bond donors (Lipinski definition) is 1. The Bertz CT molecular complexity index is 1270. The van der Waals surface area contributed by atoms with Crippen molar-refractivity contribution in [1.82, 2.24) is 5.43 Å². The molecule has 13 heteroatoms. The zero-order chi connectivity index (χ0) is 24.0. The van der Waals surface area contributed by atoms with Crippen LogP contribution in [0.2, 0.25) is 0 Å². The predicted octanol–water partition coefficient (Wildman–Crippen LogP) is 3.97. The van der Waals surface area contributed by atoms with Crippen LogP contribution in [0.25, 0.3) is 0 Å². The molecule has 3 aromatic rings. The first-order chi connectivity index (χ1) is 15.7. The van der Waals surface area contributed by atoms with Crippen LogP contribution in [-0.2, 0) is 0 Å². The average molecular weight is 451 g/mol. The van der Waals surface area contributed by atoms with Gasteiger partial charge >= 0.3 is 5.69 Å². The molecule has 1 N–H and O–H groups in total. The molecule has 0 radical (unpaired) electrons. The van der Waals surface area contributed by atoms with Crippen LogP contribution in [0.4, 0.5) is 17.1 Å². The third kappa shape index (κ3) is 5.69. The number of amides is 1. The quantitative estimate of drug-likeness (QED) is 0.303. The van der Waals surface area contributed by atoms with Gasteiger partial charge in [-0.3, -0.25) is 35.1 Å². The van der Waals surface area contributed by atoms with Crippen LogP contribution in [-0.4, -0.2) is 26.9 Å². The summed E-state index contributed by atoms with van der Waals surface area (Å²) in [7, 11) is 0. The molecule has 3 rings (SSSR count). The highest BCUT2D eigenvalue weighted by atomic mass is 16.6. The van der Waals surface area contributed by atoms with Gasteiger partial charge in [0.2, 0.25) is 5.75 Å². The normalized spacial score (nSPS) is 10.5. The molecule has 1 amide bonds. The van der Waals surface area contributed by atoms with E-state index in [-0.39, 0.29) is 22.7 Å². The number of benzene rings is 3. The lowest BCUT2D eigenvalue weighted by molar-refractivity contribution is -0.394. The van der Waals surface area contributed by atoms with Gasteiger partial charge in [0.1, 0.15) is 5.75 Å². The third-order valence-electron chi connectivity index (χ3n) is 4.16. The number of ether oxygens (including phenoxy) is 1. The molecule has 13 nitrogen and oxygen atoms in total. The van der Waals surface area contributed by atoms with Crippen LogP contribution in [0, 0.1) is 30.3 Å². The highest BCUT2D eigenvalue weighted by Crippen LogP contribution is 2.34. The van der Waals surface area contributed by atoms with Gasteiger partial charge in [-0.2, -0.15) is 5.10 Å². The van der Waals surface area contributed by atoms with Gasteiger partial charge in [0.15, 0.2) is 0 Å².